The summed E-state index contributed by atoms with van der Waals surface area (Å²) in [5.41, 5.74) is 2.45. The summed E-state index contributed by atoms with van der Waals surface area (Å²) < 4.78 is 0. The first-order chi connectivity index (χ1) is 10.3. The van der Waals surface area contributed by atoms with Gasteiger partial charge in [-0.15, -0.1) is 0 Å². The minimum absolute atomic E-state index is 0.560. The highest BCUT2D eigenvalue weighted by molar-refractivity contribution is 7.99. The molecule has 1 aliphatic rings. The van der Waals surface area contributed by atoms with E-state index in [9.17, 15) is 0 Å². The van der Waals surface area contributed by atoms with E-state index in [1.807, 2.05) is 11.8 Å². The zero-order valence-corrected chi connectivity index (χ0v) is 13.6. The molecular formula is C17H23N3S. The Bertz CT molecular complexity index is 614. The van der Waals surface area contributed by atoms with E-state index in [1.54, 1.807) is 0 Å². The Kier molecular flexibility index (Phi) is 4.66. The second-order valence-electron chi connectivity index (χ2n) is 5.55. The molecule has 1 fully saturated rings. The number of hydrogen-bond donors (Lipinski definition) is 1. The van der Waals surface area contributed by atoms with Gasteiger partial charge < -0.3 is 10.2 Å². The fourth-order valence-electron chi connectivity index (χ4n) is 2.85. The van der Waals surface area contributed by atoms with Gasteiger partial charge in [0.1, 0.15) is 5.82 Å². The second kappa shape index (κ2) is 6.67. The third-order valence-electron chi connectivity index (χ3n) is 4.02. The summed E-state index contributed by atoms with van der Waals surface area (Å²) in [5.74, 6) is 3.52. The van der Waals surface area contributed by atoms with Crippen molar-refractivity contribution in [2.45, 2.75) is 26.4 Å². The molecule has 0 saturated carbocycles. The lowest BCUT2D eigenvalue weighted by molar-refractivity contribution is 0.688. The van der Waals surface area contributed by atoms with E-state index in [1.165, 1.54) is 22.5 Å². The van der Waals surface area contributed by atoms with Crippen LogP contribution in [-0.4, -0.2) is 35.6 Å². The molecule has 1 aromatic heterocycles. The SMILES string of the molecule is CCNCc1cc(N2CCSCC2C)nc2ccccc12. The molecular weight excluding hydrogens is 278 g/mol. The van der Waals surface area contributed by atoms with E-state index in [0.717, 1.165) is 31.0 Å². The summed E-state index contributed by atoms with van der Waals surface area (Å²) in [7, 11) is 0. The van der Waals surface area contributed by atoms with Crippen LogP contribution in [-0.2, 0) is 6.54 Å². The van der Waals surface area contributed by atoms with Crippen LogP contribution >= 0.6 is 11.8 Å². The Morgan fingerprint density at radius 3 is 3.05 bits per heavy atom. The molecule has 1 N–H and O–H groups in total. The van der Waals surface area contributed by atoms with Crippen LogP contribution in [0.3, 0.4) is 0 Å². The first-order valence-corrected chi connectivity index (χ1v) is 8.89. The highest BCUT2D eigenvalue weighted by atomic mass is 32.2. The maximum atomic E-state index is 4.91. The topological polar surface area (TPSA) is 28.2 Å². The molecule has 2 heterocycles. The minimum Gasteiger partial charge on any atom is -0.352 e. The van der Waals surface area contributed by atoms with Gasteiger partial charge in [0.05, 0.1) is 5.52 Å². The normalized spacial score (nSPS) is 19.1. The van der Waals surface area contributed by atoms with Crippen LogP contribution in [0.4, 0.5) is 5.82 Å². The highest BCUT2D eigenvalue weighted by Crippen LogP contribution is 2.27. The van der Waals surface area contributed by atoms with Crippen LogP contribution in [0.25, 0.3) is 10.9 Å². The number of nitrogens with zero attached hydrogens (tertiary/aromatic N) is 2. The van der Waals surface area contributed by atoms with Crippen LogP contribution in [0.1, 0.15) is 19.4 Å². The minimum atomic E-state index is 0.560. The number of nitrogens with one attached hydrogen (secondary N) is 1. The number of benzene rings is 1. The number of thioether (sulfide) groups is 1. The molecule has 1 unspecified atom stereocenters. The average Bonchev–Trinajstić information content (AvgIpc) is 2.53. The molecule has 21 heavy (non-hydrogen) atoms. The molecule has 3 rings (SSSR count). The highest BCUT2D eigenvalue weighted by Gasteiger charge is 2.21. The Hall–Kier alpha value is -1.26. The number of pyridine rings is 1. The Balaban J connectivity index is 2.02. The first-order valence-electron chi connectivity index (χ1n) is 7.73. The Morgan fingerprint density at radius 1 is 1.38 bits per heavy atom. The van der Waals surface area contributed by atoms with Gasteiger partial charge >= 0.3 is 0 Å². The van der Waals surface area contributed by atoms with Crippen molar-refractivity contribution >= 4 is 28.5 Å². The lowest BCUT2D eigenvalue weighted by Crippen LogP contribution is -2.41. The molecule has 1 saturated heterocycles. The standard InChI is InChI=1S/C17H23N3S/c1-3-18-11-14-10-17(20-8-9-21-12-13(20)2)19-16-7-5-4-6-15(14)16/h4-7,10,13,18H,3,8-9,11-12H2,1-2H3. The van der Waals surface area contributed by atoms with Crippen molar-refractivity contribution in [3.8, 4) is 0 Å². The van der Waals surface area contributed by atoms with Crippen LogP contribution in [0.5, 0.6) is 0 Å². The summed E-state index contributed by atoms with van der Waals surface area (Å²) in [4.78, 5) is 7.36. The number of rotatable bonds is 4. The quantitative estimate of drug-likeness (QED) is 0.938. The van der Waals surface area contributed by atoms with Gasteiger partial charge in [-0.25, -0.2) is 4.98 Å². The van der Waals surface area contributed by atoms with E-state index in [4.69, 9.17) is 4.98 Å². The van der Waals surface area contributed by atoms with Crippen LogP contribution in [0, 0.1) is 0 Å². The molecule has 4 heteroatoms. The van der Waals surface area contributed by atoms with Gasteiger partial charge in [0.2, 0.25) is 0 Å². The van der Waals surface area contributed by atoms with Gasteiger partial charge in [-0.05, 0) is 31.2 Å². The van der Waals surface area contributed by atoms with Crippen molar-refractivity contribution in [1.29, 1.82) is 0 Å². The number of para-hydroxylation sites is 1. The molecule has 1 aromatic carbocycles. The molecule has 0 radical (unpaired) electrons. The third kappa shape index (κ3) is 3.16. The fraction of sp³-hybridized carbons (Fsp3) is 0.471. The second-order valence-corrected chi connectivity index (χ2v) is 6.70. The number of aromatic nitrogens is 1. The molecule has 2 aromatic rings. The first kappa shape index (κ1) is 14.7. The van der Waals surface area contributed by atoms with Gasteiger partial charge in [-0.1, -0.05) is 25.1 Å². The molecule has 0 aliphatic carbocycles. The van der Waals surface area contributed by atoms with Crippen molar-refractivity contribution in [2.75, 3.05) is 29.5 Å². The monoisotopic (exact) mass is 301 g/mol. The van der Waals surface area contributed by atoms with E-state index in [2.05, 4.69) is 54.4 Å². The fourth-order valence-corrected chi connectivity index (χ4v) is 3.87. The van der Waals surface area contributed by atoms with Gasteiger partial charge in [0.15, 0.2) is 0 Å². The largest absolute Gasteiger partial charge is 0.352 e. The molecule has 1 aliphatic heterocycles. The maximum Gasteiger partial charge on any atom is 0.129 e. The average molecular weight is 301 g/mol. The lowest BCUT2D eigenvalue weighted by atomic mass is 10.1. The van der Waals surface area contributed by atoms with Crippen molar-refractivity contribution in [1.82, 2.24) is 10.3 Å². The Labute approximate surface area is 131 Å². The van der Waals surface area contributed by atoms with Crippen molar-refractivity contribution in [2.24, 2.45) is 0 Å². The van der Waals surface area contributed by atoms with E-state index in [0.29, 0.717) is 6.04 Å². The predicted molar refractivity (Wildman–Crippen MR) is 93.3 cm³/mol. The smallest absolute Gasteiger partial charge is 0.129 e. The van der Waals surface area contributed by atoms with E-state index in [-0.39, 0.29) is 0 Å². The maximum absolute atomic E-state index is 4.91. The molecule has 112 valence electrons. The van der Waals surface area contributed by atoms with Crippen molar-refractivity contribution in [3.05, 3.63) is 35.9 Å². The molecule has 3 nitrogen and oxygen atoms in total. The summed E-state index contributed by atoms with van der Waals surface area (Å²) >= 11 is 2.04. The van der Waals surface area contributed by atoms with E-state index >= 15 is 0 Å². The van der Waals surface area contributed by atoms with Crippen LogP contribution in [0.2, 0.25) is 0 Å². The summed E-state index contributed by atoms with van der Waals surface area (Å²) in [6.07, 6.45) is 0. The lowest BCUT2D eigenvalue weighted by Gasteiger charge is -2.34. The predicted octanol–water partition coefficient (Wildman–Crippen LogP) is 3.29. The molecule has 0 spiro atoms. The molecule has 1 atom stereocenters. The summed E-state index contributed by atoms with van der Waals surface area (Å²) in [6, 6.07) is 11.3. The van der Waals surface area contributed by atoms with Gasteiger partial charge in [0.25, 0.3) is 0 Å². The van der Waals surface area contributed by atoms with Crippen molar-refractivity contribution < 1.29 is 0 Å². The van der Waals surface area contributed by atoms with Crippen LogP contribution in [0.15, 0.2) is 30.3 Å². The third-order valence-corrected chi connectivity index (χ3v) is 5.21. The van der Waals surface area contributed by atoms with Crippen molar-refractivity contribution in [3.63, 3.8) is 0 Å². The van der Waals surface area contributed by atoms with Gasteiger partial charge in [-0.3, -0.25) is 0 Å². The zero-order chi connectivity index (χ0) is 14.7. The summed E-state index contributed by atoms with van der Waals surface area (Å²) in [6.45, 7) is 7.44. The van der Waals surface area contributed by atoms with Gasteiger partial charge in [-0.2, -0.15) is 11.8 Å². The number of hydrogen-bond acceptors (Lipinski definition) is 4. The van der Waals surface area contributed by atoms with Crippen LogP contribution < -0.4 is 10.2 Å². The number of fused-ring (bicyclic) bond motifs is 1. The summed E-state index contributed by atoms with van der Waals surface area (Å²) in [5, 5.41) is 4.71. The number of anilines is 1. The Morgan fingerprint density at radius 2 is 2.24 bits per heavy atom. The van der Waals surface area contributed by atoms with E-state index < -0.39 is 0 Å². The molecule has 0 amide bonds. The zero-order valence-electron chi connectivity index (χ0n) is 12.8. The molecule has 0 bridgehead atoms. The van der Waals surface area contributed by atoms with Gasteiger partial charge in [0, 0.05) is 36.0 Å².